The Hall–Kier alpha value is -2.83. The van der Waals surface area contributed by atoms with E-state index in [1.54, 1.807) is 11.1 Å². The number of carbonyl (C=O) groups is 2. The maximum atomic E-state index is 12.6. The molecule has 7 nitrogen and oxygen atoms in total. The van der Waals surface area contributed by atoms with Crippen LogP contribution in [0.2, 0.25) is 0 Å². The Morgan fingerprint density at radius 2 is 2.08 bits per heavy atom. The number of rotatable bonds is 4. The highest BCUT2D eigenvalue weighted by atomic mass is 16.2. The summed E-state index contributed by atoms with van der Waals surface area (Å²) in [7, 11) is 0. The molecule has 1 saturated heterocycles. The van der Waals surface area contributed by atoms with E-state index in [9.17, 15) is 9.59 Å². The van der Waals surface area contributed by atoms with Crippen molar-refractivity contribution in [1.29, 1.82) is 0 Å². The van der Waals surface area contributed by atoms with Crippen molar-refractivity contribution in [3.8, 4) is 11.3 Å². The number of nitrogens with one attached hydrogen (secondary N) is 3. The van der Waals surface area contributed by atoms with Gasteiger partial charge in [0, 0.05) is 25.0 Å². The maximum absolute atomic E-state index is 12.6. The number of H-pyrrole nitrogens is 1. The molecule has 1 fully saturated rings. The van der Waals surface area contributed by atoms with E-state index in [0.717, 1.165) is 11.3 Å². The summed E-state index contributed by atoms with van der Waals surface area (Å²) in [5, 5.41) is 12.6. The minimum atomic E-state index is -0.419. The van der Waals surface area contributed by atoms with Gasteiger partial charge in [-0.1, -0.05) is 26.0 Å². The third-order valence-electron chi connectivity index (χ3n) is 4.23. The molecule has 3 N–H and O–H groups in total. The first kappa shape index (κ1) is 17.0. The molecule has 2 aromatic rings. The predicted octanol–water partition coefficient (Wildman–Crippen LogP) is 2.46. The normalized spacial score (nSPS) is 17.5. The number of hydrogen-bond donors (Lipinski definition) is 3. The topological polar surface area (TPSA) is 90.1 Å². The molecule has 3 amide bonds. The summed E-state index contributed by atoms with van der Waals surface area (Å²) in [4.78, 5) is 26.4. The zero-order chi connectivity index (χ0) is 17.8. The fraction of sp³-hybridized carbons (Fsp3) is 0.389. The smallest absolute Gasteiger partial charge is 0.322 e. The van der Waals surface area contributed by atoms with Crippen molar-refractivity contribution in [2.45, 2.75) is 26.3 Å². The molecule has 2 heterocycles. The van der Waals surface area contributed by atoms with Crippen molar-refractivity contribution in [2.75, 3.05) is 18.4 Å². The lowest BCUT2D eigenvalue weighted by Gasteiger charge is -2.35. The number of anilines is 1. The van der Waals surface area contributed by atoms with Gasteiger partial charge in [0.25, 0.3) is 0 Å². The molecular weight excluding hydrogens is 318 g/mol. The molecule has 3 rings (SSSR count). The van der Waals surface area contributed by atoms with Crippen LogP contribution in [-0.4, -0.2) is 46.2 Å². The fourth-order valence-electron chi connectivity index (χ4n) is 2.98. The van der Waals surface area contributed by atoms with Gasteiger partial charge < -0.3 is 15.5 Å². The van der Waals surface area contributed by atoms with Gasteiger partial charge in [0.1, 0.15) is 6.04 Å². The molecular formula is C18H23N5O2. The van der Waals surface area contributed by atoms with Gasteiger partial charge in [-0.25, -0.2) is 4.79 Å². The number of aromatic nitrogens is 2. The van der Waals surface area contributed by atoms with Gasteiger partial charge in [-0.2, -0.15) is 5.10 Å². The molecule has 1 aromatic carbocycles. The quantitative estimate of drug-likeness (QED) is 0.798. The van der Waals surface area contributed by atoms with Crippen LogP contribution < -0.4 is 10.6 Å². The molecule has 0 aliphatic carbocycles. The summed E-state index contributed by atoms with van der Waals surface area (Å²) in [5.74, 6) is 0.252. The van der Waals surface area contributed by atoms with Gasteiger partial charge in [-0.05, 0) is 36.1 Å². The van der Waals surface area contributed by atoms with Crippen LogP contribution in [0.1, 0.15) is 20.3 Å². The van der Waals surface area contributed by atoms with E-state index in [1.165, 1.54) is 0 Å². The van der Waals surface area contributed by atoms with Crippen molar-refractivity contribution in [2.24, 2.45) is 5.92 Å². The average molecular weight is 341 g/mol. The average Bonchev–Trinajstić information content (AvgIpc) is 3.11. The fourth-order valence-corrected chi connectivity index (χ4v) is 2.98. The molecule has 0 bridgehead atoms. The van der Waals surface area contributed by atoms with Crippen molar-refractivity contribution >= 4 is 17.6 Å². The molecule has 1 aliphatic rings. The lowest BCUT2D eigenvalue weighted by molar-refractivity contribution is -0.128. The summed E-state index contributed by atoms with van der Waals surface area (Å²) in [6, 6.07) is 8.74. The van der Waals surface area contributed by atoms with Gasteiger partial charge >= 0.3 is 6.03 Å². The Balaban J connectivity index is 1.69. The van der Waals surface area contributed by atoms with Gasteiger partial charge in [-0.3, -0.25) is 9.89 Å². The molecule has 1 aliphatic heterocycles. The third-order valence-corrected chi connectivity index (χ3v) is 4.23. The van der Waals surface area contributed by atoms with Crippen molar-refractivity contribution in [1.82, 2.24) is 20.4 Å². The Morgan fingerprint density at radius 1 is 1.32 bits per heavy atom. The largest absolute Gasteiger partial charge is 0.353 e. The Kier molecular flexibility index (Phi) is 5.02. The van der Waals surface area contributed by atoms with E-state index < -0.39 is 6.04 Å². The number of hydrogen-bond acceptors (Lipinski definition) is 3. The minimum Gasteiger partial charge on any atom is -0.353 e. The molecule has 0 saturated carbocycles. The first-order valence-electron chi connectivity index (χ1n) is 8.49. The van der Waals surface area contributed by atoms with Crippen molar-refractivity contribution < 1.29 is 9.59 Å². The van der Waals surface area contributed by atoms with E-state index >= 15 is 0 Å². The Morgan fingerprint density at radius 3 is 2.72 bits per heavy atom. The van der Waals surface area contributed by atoms with Gasteiger partial charge in [0.15, 0.2) is 0 Å². The van der Waals surface area contributed by atoms with Crippen LogP contribution in [-0.2, 0) is 4.79 Å². The number of aromatic amines is 1. The summed E-state index contributed by atoms with van der Waals surface area (Å²) < 4.78 is 0. The lowest BCUT2D eigenvalue weighted by Crippen LogP contribution is -2.58. The molecule has 0 spiro atoms. The molecule has 25 heavy (non-hydrogen) atoms. The first-order valence-corrected chi connectivity index (χ1v) is 8.49. The van der Waals surface area contributed by atoms with Crippen LogP contribution in [0, 0.1) is 5.92 Å². The Bertz CT molecular complexity index is 724. The highest BCUT2D eigenvalue weighted by Gasteiger charge is 2.33. The van der Waals surface area contributed by atoms with Crippen LogP contribution in [0.15, 0.2) is 36.5 Å². The number of amides is 3. The van der Waals surface area contributed by atoms with E-state index in [4.69, 9.17) is 0 Å². The standard InChI is InChI=1S/C18H23N5O2/c1-12(2)11-16-17(24)19-9-10-23(16)18(25)21-14-5-3-13(4-6-14)15-7-8-20-22-15/h3-8,12,16H,9-11H2,1-2H3,(H,19,24)(H,20,22)(H,21,25)/t16-/m0/s1. The highest BCUT2D eigenvalue weighted by molar-refractivity contribution is 5.94. The van der Waals surface area contributed by atoms with E-state index in [-0.39, 0.29) is 11.9 Å². The number of urea groups is 1. The lowest BCUT2D eigenvalue weighted by atomic mass is 10.0. The van der Waals surface area contributed by atoms with E-state index in [0.29, 0.717) is 31.1 Å². The van der Waals surface area contributed by atoms with Crippen LogP contribution in [0.25, 0.3) is 11.3 Å². The summed E-state index contributed by atoms with van der Waals surface area (Å²) in [6.07, 6.45) is 2.35. The zero-order valence-corrected chi connectivity index (χ0v) is 14.5. The van der Waals surface area contributed by atoms with E-state index in [1.807, 2.05) is 44.2 Å². The second-order valence-corrected chi connectivity index (χ2v) is 6.61. The predicted molar refractivity (Wildman–Crippen MR) is 96.0 cm³/mol. The summed E-state index contributed by atoms with van der Waals surface area (Å²) in [5.41, 5.74) is 2.61. The highest BCUT2D eigenvalue weighted by Crippen LogP contribution is 2.20. The van der Waals surface area contributed by atoms with Gasteiger partial charge in [0.2, 0.25) is 5.91 Å². The zero-order valence-electron chi connectivity index (χ0n) is 14.5. The van der Waals surface area contributed by atoms with Crippen molar-refractivity contribution in [3.63, 3.8) is 0 Å². The number of benzene rings is 1. The monoisotopic (exact) mass is 341 g/mol. The number of piperazine rings is 1. The molecule has 7 heteroatoms. The minimum absolute atomic E-state index is 0.0790. The SMILES string of the molecule is CC(C)C[C@H]1C(=O)NCCN1C(=O)Nc1ccc(-c2ccn[nH]2)cc1. The molecule has 0 radical (unpaired) electrons. The maximum Gasteiger partial charge on any atom is 0.322 e. The van der Waals surface area contributed by atoms with Crippen LogP contribution in [0.4, 0.5) is 10.5 Å². The molecule has 132 valence electrons. The van der Waals surface area contributed by atoms with Crippen LogP contribution in [0.5, 0.6) is 0 Å². The van der Waals surface area contributed by atoms with Gasteiger partial charge in [0.05, 0.1) is 5.69 Å². The summed E-state index contributed by atoms with van der Waals surface area (Å²) in [6.45, 7) is 5.10. The number of nitrogens with zero attached hydrogens (tertiary/aromatic N) is 2. The van der Waals surface area contributed by atoms with Crippen molar-refractivity contribution in [3.05, 3.63) is 36.5 Å². The van der Waals surface area contributed by atoms with Crippen LogP contribution >= 0.6 is 0 Å². The second kappa shape index (κ2) is 7.38. The molecule has 1 aromatic heterocycles. The van der Waals surface area contributed by atoms with Crippen LogP contribution in [0.3, 0.4) is 0 Å². The summed E-state index contributed by atoms with van der Waals surface area (Å²) >= 11 is 0. The third kappa shape index (κ3) is 3.99. The van der Waals surface area contributed by atoms with E-state index in [2.05, 4.69) is 20.8 Å². The second-order valence-electron chi connectivity index (χ2n) is 6.61. The first-order chi connectivity index (χ1) is 12.0. The molecule has 0 unspecified atom stereocenters. The molecule has 1 atom stereocenters. The number of carbonyl (C=O) groups excluding carboxylic acids is 2. The van der Waals surface area contributed by atoms with Gasteiger partial charge in [-0.15, -0.1) is 0 Å². The Labute approximate surface area is 146 Å².